The molecular weight excluding hydrogens is 690 g/mol. The second-order valence-electron chi connectivity index (χ2n) is 15.9. The molecule has 1 N–H and O–H groups in total. The Balaban J connectivity index is 1.25. The Morgan fingerprint density at radius 2 is 1.80 bits per heavy atom. The number of benzene rings is 2. The van der Waals surface area contributed by atoms with Gasteiger partial charge < -0.3 is 24.0 Å². The van der Waals surface area contributed by atoms with Crippen molar-refractivity contribution < 1.29 is 32.2 Å². The van der Waals surface area contributed by atoms with Gasteiger partial charge in [0.25, 0.3) is 5.91 Å². The lowest BCUT2D eigenvalue weighted by Crippen LogP contribution is -2.53. The highest BCUT2D eigenvalue weighted by atomic mass is 35.5. The van der Waals surface area contributed by atoms with Crippen LogP contribution in [0.25, 0.3) is 0 Å². The molecule has 1 spiro atoms. The second-order valence-corrected chi connectivity index (χ2v) is 18.3. The molecule has 2 bridgehead atoms. The van der Waals surface area contributed by atoms with Crippen molar-refractivity contribution in [3.05, 3.63) is 58.1 Å². The number of nitrogens with one attached hydrogen (secondary N) is 1. The number of anilines is 1. The molecule has 0 radical (unpaired) electrons. The summed E-state index contributed by atoms with van der Waals surface area (Å²) in [6, 6.07) is 11.4. The Morgan fingerprint density at radius 1 is 1.02 bits per heavy atom. The average molecular weight is 742 g/mol. The SMILES string of the molecule is CC(=O)N(C)C1COC([C@H]2CCC[C@H](C)[C@@H](C)S(=O)(=O)NC(=O)c3ccc4c(c3)N(C[C@@H]3CC[C@H]32)C[C@@]2(CCCc3cc(Cl)ccc32)CO4)OC1. The van der Waals surface area contributed by atoms with Crippen LogP contribution in [0.3, 0.4) is 0 Å². The Hall–Kier alpha value is -2.86. The molecule has 2 aliphatic carbocycles. The van der Waals surface area contributed by atoms with E-state index in [9.17, 15) is 18.0 Å². The summed E-state index contributed by atoms with van der Waals surface area (Å²) in [4.78, 5) is 29.7. The first-order valence-electron chi connectivity index (χ1n) is 18.7. The van der Waals surface area contributed by atoms with Crippen molar-refractivity contribution in [2.45, 2.75) is 95.1 Å². The molecule has 0 unspecified atom stereocenters. The summed E-state index contributed by atoms with van der Waals surface area (Å²) in [5, 5.41) is -0.0209. The van der Waals surface area contributed by atoms with Crippen LogP contribution < -0.4 is 14.4 Å². The van der Waals surface area contributed by atoms with Crippen LogP contribution in [0.2, 0.25) is 5.02 Å². The minimum Gasteiger partial charge on any atom is -0.490 e. The van der Waals surface area contributed by atoms with Gasteiger partial charge in [-0.2, -0.15) is 0 Å². The highest BCUT2D eigenvalue weighted by Gasteiger charge is 2.47. The Morgan fingerprint density at radius 3 is 2.53 bits per heavy atom. The van der Waals surface area contributed by atoms with Crippen molar-refractivity contribution in [1.82, 2.24) is 9.62 Å². The van der Waals surface area contributed by atoms with Crippen LogP contribution in [0.4, 0.5) is 5.69 Å². The van der Waals surface area contributed by atoms with E-state index in [0.717, 1.165) is 62.2 Å². The molecule has 10 nitrogen and oxygen atoms in total. The summed E-state index contributed by atoms with van der Waals surface area (Å²) < 4.78 is 48.9. The maximum absolute atomic E-state index is 13.6. The molecule has 1 saturated heterocycles. The minimum atomic E-state index is -3.94. The number of rotatable bonds is 2. The third kappa shape index (κ3) is 7.25. The van der Waals surface area contributed by atoms with Crippen LogP contribution >= 0.6 is 11.6 Å². The number of ether oxygens (including phenoxy) is 3. The highest BCUT2D eigenvalue weighted by Crippen LogP contribution is 2.49. The van der Waals surface area contributed by atoms with Gasteiger partial charge in [-0.3, -0.25) is 9.59 Å². The summed E-state index contributed by atoms with van der Waals surface area (Å²) in [6.07, 6.45) is 7.03. The normalized spacial score (nSPS) is 33.8. The van der Waals surface area contributed by atoms with Gasteiger partial charge in [0.05, 0.1) is 36.8 Å². The van der Waals surface area contributed by atoms with E-state index in [2.05, 4.69) is 21.8 Å². The van der Waals surface area contributed by atoms with Crippen LogP contribution in [0, 0.1) is 23.7 Å². The molecule has 2 amide bonds. The van der Waals surface area contributed by atoms with E-state index >= 15 is 0 Å². The molecule has 278 valence electrons. The van der Waals surface area contributed by atoms with E-state index in [0.29, 0.717) is 55.9 Å². The van der Waals surface area contributed by atoms with E-state index < -0.39 is 27.5 Å². The van der Waals surface area contributed by atoms with Crippen LogP contribution in [-0.2, 0) is 36.1 Å². The van der Waals surface area contributed by atoms with Gasteiger partial charge in [0, 0.05) is 49.0 Å². The lowest BCUT2D eigenvalue weighted by Gasteiger charge is -2.49. The van der Waals surface area contributed by atoms with Crippen molar-refractivity contribution in [1.29, 1.82) is 0 Å². The summed E-state index contributed by atoms with van der Waals surface area (Å²) in [5.41, 5.74) is 3.35. The first-order valence-corrected chi connectivity index (χ1v) is 20.6. The van der Waals surface area contributed by atoms with Gasteiger partial charge in [0.15, 0.2) is 6.29 Å². The zero-order valence-corrected chi connectivity index (χ0v) is 31.8. The molecule has 1 saturated carbocycles. The van der Waals surface area contributed by atoms with Crippen LogP contribution in [0.15, 0.2) is 36.4 Å². The number of hydrogen-bond donors (Lipinski definition) is 1. The molecule has 3 aliphatic heterocycles. The van der Waals surface area contributed by atoms with Crippen molar-refractivity contribution in [2.24, 2.45) is 23.7 Å². The van der Waals surface area contributed by atoms with Gasteiger partial charge in [-0.05, 0) is 111 Å². The minimum absolute atomic E-state index is 0.0185. The molecule has 7 rings (SSSR count). The maximum atomic E-state index is 13.6. The molecule has 2 aromatic rings. The molecular formula is C39H52ClN3O7S. The molecule has 51 heavy (non-hydrogen) atoms. The second kappa shape index (κ2) is 14.5. The highest BCUT2D eigenvalue weighted by molar-refractivity contribution is 7.90. The smallest absolute Gasteiger partial charge is 0.264 e. The van der Waals surface area contributed by atoms with E-state index in [-0.39, 0.29) is 29.2 Å². The number of hydrogen-bond acceptors (Lipinski definition) is 8. The quantitative estimate of drug-likeness (QED) is 0.403. The van der Waals surface area contributed by atoms with Gasteiger partial charge in [-0.1, -0.05) is 31.0 Å². The standard InChI is InChI=1S/C39H52ClN3O7S/c1-24-7-5-9-33(38-48-20-31(21-49-38)42(4)26(3)44)32-13-10-29(32)19-43-22-39(16-6-8-27-17-30(40)12-14-34(27)39)23-50-36-15-11-28(18-35(36)43)37(45)41-51(46,47)25(24)2/h11-12,14-15,17-18,24-25,29,31-33,38H,5-10,13,16,19-23H2,1-4H3,(H,41,45)/t24-,25+,29-,31?,32+,33-,38?,39-/m0/s1. The Labute approximate surface area is 307 Å². The van der Waals surface area contributed by atoms with Crippen LogP contribution in [-0.4, -0.2) is 82.7 Å². The Kier molecular flexibility index (Phi) is 10.4. The van der Waals surface area contributed by atoms with Crippen LogP contribution in [0.1, 0.15) is 87.2 Å². The lowest BCUT2D eigenvalue weighted by molar-refractivity contribution is -0.241. The number of fused-ring (bicyclic) bond motifs is 4. The molecule has 5 aliphatic rings. The number of halogens is 1. The van der Waals surface area contributed by atoms with Gasteiger partial charge >= 0.3 is 0 Å². The Bertz CT molecular complexity index is 1750. The summed E-state index contributed by atoms with van der Waals surface area (Å²) in [6.45, 7) is 7.99. The van der Waals surface area contributed by atoms with Crippen LogP contribution in [0.5, 0.6) is 5.75 Å². The molecule has 2 fully saturated rings. The number of sulfonamides is 1. The van der Waals surface area contributed by atoms with Gasteiger partial charge in [0.2, 0.25) is 15.9 Å². The predicted molar refractivity (Wildman–Crippen MR) is 197 cm³/mol. The number of carbonyl (C=O) groups excluding carboxylic acids is 2. The number of likely N-dealkylation sites (N-methyl/N-ethyl adjacent to an activating group) is 1. The maximum Gasteiger partial charge on any atom is 0.264 e. The first-order chi connectivity index (χ1) is 24.3. The van der Waals surface area contributed by atoms with E-state index in [1.807, 2.05) is 25.1 Å². The first kappa shape index (κ1) is 36.5. The fourth-order valence-corrected chi connectivity index (χ4v) is 10.7. The zero-order valence-electron chi connectivity index (χ0n) is 30.2. The molecule has 3 heterocycles. The van der Waals surface area contributed by atoms with Gasteiger partial charge in [-0.25, -0.2) is 13.1 Å². The predicted octanol–water partition coefficient (Wildman–Crippen LogP) is 5.94. The zero-order chi connectivity index (χ0) is 36.1. The lowest BCUT2D eigenvalue weighted by atomic mass is 9.64. The third-order valence-corrected chi connectivity index (χ3v) is 15.0. The van der Waals surface area contributed by atoms with E-state index in [1.54, 1.807) is 31.9 Å². The number of aryl methyl sites for hydroxylation is 1. The largest absolute Gasteiger partial charge is 0.490 e. The van der Waals surface area contributed by atoms with Gasteiger partial charge in [-0.15, -0.1) is 0 Å². The number of nitrogens with zero attached hydrogens (tertiary/aromatic N) is 2. The monoisotopic (exact) mass is 741 g/mol. The molecule has 6 atom stereocenters. The number of carbonyl (C=O) groups is 2. The summed E-state index contributed by atoms with van der Waals surface area (Å²) >= 11 is 6.47. The van der Waals surface area contributed by atoms with Crippen molar-refractivity contribution in [3.8, 4) is 5.75 Å². The van der Waals surface area contributed by atoms with Crippen molar-refractivity contribution in [2.75, 3.05) is 44.9 Å². The molecule has 0 aromatic heterocycles. The molecule has 12 heteroatoms. The van der Waals surface area contributed by atoms with E-state index in [1.165, 1.54) is 11.1 Å². The van der Waals surface area contributed by atoms with E-state index in [4.69, 9.17) is 25.8 Å². The summed E-state index contributed by atoms with van der Waals surface area (Å²) in [7, 11) is -2.15. The number of amides is 2. The molecule has 2 aromatic carbocycles. The van der Waals surface area contributed by atoms with Gasteiger partial charge in [0.1, 0.15) is 5.75 Å². The fourth-order valence-electron chi connectivity index (χ4n) is 9.21. The third-order valence-electron chi connectivity index (χ3n) is 12.8. The summed E-state index contributed by atoms with van der Waals surface area (Å²) in [5.74, 6) is 0.717. The average Bonchev–Trinajstić information content (AvgIpc) is 3.25. The van der Waals surface area contributed by atoms with Crippen molar-refractivity contribution >= 4 is 39.1 Å². The fraction of sp³-hybridized carbons (Fsp3) is 0.641. The topological polar surface area (TPSA) is 114 Å². The van der Waals surface area contributed by atoms with Crippen molar-refractivity contribution in [3.63, 3.8) is 0 Å².